The van der Waals surface area contributed by atoms with Crippen LogP contribution in [0.25, 0.3) is 0 Å². The zero-order chi connectivity index (χ0) is 12.4. The number of nitro benzene ring substituents is 1. The summed E-state index contributed by atoms with van der Waals surface area (Å²) in [6.45, 7) is 1.65. The number of benzene rings is 1. The Bertz CT molecular complexity index is 570. The molecule has 2 rings (SSSR count). The molecule has 0 saturated carbocycles. The quantitative estimate of drug-likeness (QED) is 0.636. The average molecular weight is 315 g/mol. The summed E-state index contributed by atoms with van der Waals surface area (Å²) < 4.78 is 6.17. The van der Waals surface area contributed by atoms with Crippen molar-refractivity contribution in [2.24, 2.45) is 0 Å². The number of halogens is 1. The van der Waals surface area contributed by atoms with Crippen molar-refractivity contribution in [3.05, 3.63) is 43.9 Å². The van der Waals surface area contributed by atoms with Gasteiger partial charge in [0.2, 0.25) is 0 Å². The first-order valence-electron chi connectivity index (χ1n) is 4.61. The lowest BCUT2D eigenvalue weighted by atomic mass is 10.2. The van der Waals surface area contributed by atoms with Crippen LogP contribution in [0.5, 0.6) is 10.9 Å². The molecule has 1 aromatic carbocycles. The number of rotatable bonds is 3. The third-order valence-corrected chi connectivity index (χ3v) is 3.53. The highest BCUT2D eigenvalue weighted by Gasteiger charge is 2.15. The lowest BCUT2D eigenvalue weighted by Crippen LogP contribution is -1.94. The van der Waals surface area contributed by atoms with E-state index >= 15 is 0 Å². The van der Waals surface area contributed by atoms with Gasteiger partial charge in [-0.15, -0.1) is 0 Å². The van der Waals surface area contributed by atoms with Crippen molar-refractivity contribution < 1.29 is 9.66 Å². The van der Waals surface area contributed by atoms with E-state index in [-0.39, 0.29) is 5.69 Å². The van der Waals surface area contributed by atoms with Crippen LogP contribution in [0.1, 0.15) is 5.56 Å². The van der Waals surface area contributed by atoms with Gasteiger partial charge in [-0.25, -0.2) is 0 Å². The lowest BCUT2D eigenvalue weighted by Gasteiger charge is -2.05. The molecule has 0 aliphatic rings. The monoisotopic (exact) mass is 314 g/mol. The van der Waals surface area contributed by atoms with Crippen LogP contribution in [0.15, 0.2) is 28.2 Å². The second kappa shape index (κ2) is 4.80. The number of nitro groups is 1. The summed E-state index contributed by atoms with van der Waals surface area (Å²) in [5.74, 6) is 0.445. The number of hydrogen-bond donors (Lipinski definition) is 0. The van der Waals surface area contributed by atoms with E-state index in [9.17, 15) is 10.1 Å². The van der Waals surface area contributed by atoms with Gasteiger partial charge in [0.25, 0.3) is 10.9 Å². The maximum absolute atomic E-state index is 10.8. The summed E-state index contributed by atoms with van der Waals surface area (Å²) in [4.78, 5) is 14.4. The molecule has 0 radical (unpaired) electrons. The van der Waals surface area contributed by atoms with E-state index in [2.05, 4.69) is 20.9 Å². The zero-order valence-electron chi connectivity index (χ0n) is 8.71. The van der Waals surface area contributed by atoms with E-state index in [1.165, 1.54) is 17.4 Å². The zero-order valence-corrected chi connectivity index (χ0v) is 11.1. The van der Waals surface area contributed by atoms with E-state index in [0.29, 0.717) is 21.1 Å². The van der Waals surface area contributed by atoms with Gasteiger partial charge >= 0.3 is 0 Å². The molecule has 2 aromatic rings. The Morgan fingerprint density at radius 3 is 2.88 bits per heavy atom. The van der Waals surface area contributed by atoms with E-state index < -0.39 is 4.92 Å². The summed E-state index contributed by atoms with van der Waals surface area (Å²) in [5, 5.41) is 13.0. The number of aromatic nitrogens is 1. The molecule has 1 aromatic heterocycles. The smallest absolute Gasteiger partial charge is 0.279 e. The van der Waals surface area contributed by atoms with Crippen LogP contribution in [0.4, 0.5) is 5.69 Å². The Balaban J connectivity index is 2.33. The molecule has 7 heteroatoms. The van der Waals surface area contributed by atoms with Gasteiger partial charge in [0.05, 0.1) is 10.5 Å². The summed E-state index contributed by atoms with van der Waals surface area (Å²) in [6, 6.07) is 4.71. The molecule has 0 unspecified atom stereocenters. The van der Waals surface area contributed by atoms with Gasteiger partial charge in [-0.1, -0.05) is 17.4 Å². The number of hydrogen-bond acceptors (Lipinski definition) is 5. The van der Waals surface area contributed by atoms with Crippen LogP contribution in [0.3, 0.4) is 0 Å². The molecular formula is C10H7BrN2O3S. The molecule has 88 valence electrons. The number of ether oxygens (including phenoxy) is 1. The summed E-state index contributed by atoms with van der Waals surface area (Å²) in [5.41, 5.74) is 0.530. The summed E-state index contributed by atoms with van der Waals surface area (Å²) in [6.07, 6.45) is 0. The lowest BCUT2D eigenvalue weighted by molar-refractivity contribution is -0.385. The molecule has 5 nitrogen and oxygen atoms in total. The van der Waals surface area contributed by atoms with Crippen LogP contribution in [0.2, 0.25) is 0 Å². The molecule has 0 saturated heterocycles. The van der Waals surface area contributed by atoms with Crippen molar-refractivity contribution in [3.63, 3.8) is 0 Å². The molecule has 1 heterocycles. The molecule has 0 aliphatic heterocycles. The Morgan fingerprint density at radius 1 is 1.53 bits per heavy atom. The van der Waals surface area contributed by atoms with Crippen molar-refractivity contribution >= 4 is 33.0 Å². The van der Waals surface area contributed by atoms with E-state index in [0.717, 1.165) is 0 Å². The number of nitrogens with zero attached hydrogens (tertiary/aromatic N) is 2. The highest BCUT2D eigenvalue weighted by atomic mass is 79.9. The van der Waals surface area contributed by atoms with E-state index in [1.54, 1.807) is 24.4 Å². The molecule has 0 aliphatic carbocycles. The highest BCUT2D eigenvalue weighted by molar-refractivity contribution is 9.10. The molecule has 0 atom stereocenters. The minimum absolute atomic E-state index is 0.0399. The SMILES string of the molecule is Cc1c(Oc2nc(Br)cs2)cccc1[N+](=O)[O-]. The normalized spacial score (nSPS) is 10.2. The Kier molecular flexibility index (Phi) is 3.39. The second-order valence-electron chi connectivity index (χ2n) is 3.20. The fourth-order valence-electron chi connectivity index (χ4n) is 1.29. The van der Waals surface area contributed by atoms with Crippen LogP contribution in [-0.4, -0.2) is 9.91 Å². The van der Waals surface area contributed by atoms with Crippen molar-refractivity contribution in [2.45, 2.75) is 6.92 Å². The minimum Gasteiger partial charge on any atom is -0.430 e. The van der Waals surface area contributed by atoms with Gasteiger partial charge in [0, 0.05) is 11.4 Å². The summed E-state index contributed by atoms with van der Waals surface area (Å²) >= 11 is 4.53. The molecule has 0 fully saturated rings. The third kappa shape index (κ3) is 2.62. The average Bonchev–Trinajstić information content (AvgIpc) is 2.67. The first-order chi connectivity index (χ1) is 8.08. The van der Waals surface area contributed by atoms with Gasteiger partial charge < -0.3 is 4.74 Å². The molecule has 0 N–H and O–H groups in total. The van der Waals surface area contributed by atoms with Crippen molar-refractivity contribution in [1.29, 1.82) is 0 Å². The molecular weight excluding hydrogens is 308 g/mol. The van der Waals surface area contributed by atoms with Gasteiger partial charge in [-0.3, -0.25) is 10.1 Å². The fourth-order valence-corrected chi connectivity index (χ4v) is 2.39. The predicted octanol–water partition coefficient (Wildman–Crippen LogP) is 3.91. The van der Waals surface area contributed by atoms with Crippen LogP contribution in [0, 0.1) is 17.0 Å². The Morgan fingerprint density at radius 2 is 2.29 bits per heavy atom. The number of thiazole rings is 1. The first-order valence-corrected chi connectivity index (χ1v) is 6.28. The Labute approximate surface area is 109 Å². The summed E-state index contributed by atoms with van der Waals surface area (Å²) in [7, 11) is 0. The van der Waals surface area contributed by atoms with Gasteiger partial charge in [-0.2, -0.15) is 4.98 Å². The van der Waals surface area contributed by atoms with Crippen molar-refractivity contribution in [3.8, 4) is 10.9 Å². The third-order valence-electron chi connectivity index (χ3n) is 2.10. The van der Waals surface area contributed by atoms with Gasteiger partial charge in [0.15, 0.2) is 0 Å². The van der Waals surface area contributed by atoms with Gasteiger partial charge in [-0.05, 0) is 28.9 Å². The molecule has 0 bridgehead atoms. The van der Waals surface area contributed by atoms with E-state index in [4.69, 9.17) is 4.74 Å². The van der Waals surface area contributed by atoms with Crippen molar-refractivity contribution in [1.82, 2.24) is 4.98 Å². The Hall–Kier alpha value is -1.47. The fraction of sp³-hybridized carbons (Fsp3) is 0.100. The van der Waals surface area contributed by atoms with Crippen molar-refractivity contribution in [2.75, 3.05) is 0 Å². The maximum Gasteiger partial charge on any atom is 0.279 e. The minimum atomic E-state index is -0.431. The standard InChI is InChI=1S/C10H7BrN2O3S/c1-6-7(13(14)15)3-2-4-8(6)16-10-12-9(11)5-17-10/h2-5H,1H3. The first kappa shape index (κ1) is 12.0. The van der Waals surface area contributed by atoms with Crippen LogP contribution < -0.4 is 4.74 Å². The maximum atomic E-state index is 10.8. The van der Waals surface area contributed by atoms with Gasteiger partial charge in [0.1, 0.15) is 10.4 Å². The van der Waals surface area contributed by atoms with Crippen LogP contribution in [-0.2, 0) is 0 Å². The van der Waals surface area contributed by atoms with Crippen LogP contribution >= 0.6 is 27.3 Å². The molecule has 0 amide bonds. The second-order valence-corrected chi connectivity index (χ2v) is 4.83. The van der Waals surface area contributed by atoms with E-state index in [1.807, 2.05) is 0 Å². The molecule has 17 heavy (non-hydrogen) atoms. The topological polar surface area (TPSA) is 65.3 Å². The molecule has 0 spiro atoms. The largest absolute Gasteiger partial charge is 0.430 e. The highest BCUT2D eigenvalue weighted by Crippen LogP contribution is 2.32. The predicted molar refractivity (Wildman–Crippen MR) is 67.7 cm³/mol.